The maximum atomic E-state index is 11.4. The highest BCUT2D eigenvalue weighted by atomic mass is 16.4. The molecule has 1 unspecified atom stereocenters. The third-order valence-electron chi connectivity index (χ3n) is 11.6. The van der Waals surface area contributed by atoms with Crippen LogP contribution in [-0.4, -0.2) is 33.0 Å². The molecule has 0 aromatic heterocycles. The first-order valence-electron chi connectivity index (χ1n) is 14.0. The van der Waals surface area contributed by atoms with E-state index in [9.17, 15) is 20.1 Å². The molecular weight excluding hydrogens is 412 g/mol. The lowest BCUT2D eigenvalue weighted by Crippen LogP contribution is -2.54. The molecule has 0 saturated heterocycles. The summed E-state index contributed by atoms with van der Waals surface area (Å²) in [6.07, 6.45) is 12.9. The molecule has 0 bridgehead atoms. The number of aliphatic carboxylic acids is 1. The fourth-order valence-corrected chi connectivity index (χ4v) is 9.81. The molecule has 4 nitrogen and oxygen atoms in total. The molecule has 0 aromatic carbocycles. The van der Waals surface area contributed by atoms with Gasteiger partial charge in [0.25, 0.3) is 0 Å². The van der Waals surface area contributed by atoms with Gasteiger partial charge in [0.1, 0.15) is 0 Å². The molecule has 3 N–H and O–H groups in total. The van der Waals surface area contributed by atoms with Gasteiger partial charge < -0.3 is 15.3 Å². The maximum absolute atomic E-state index is 11.4. The van der Waals surface area contributed by atoms with Crippen LogP contribution < -0.4 is 0 Å². The molecule has 190 valence electrons. The summed E-state index contributed by atoms with van der Waals surface area (Å²) in [4.78, 5) is 11.4. The summed E-state index contributed by atoms with van der Waals surface area (Å²) in [5, 5.41) is 29.6. The molecule has 0 spiro atoms. The maximum Gasteiger partial charge on any atom is 0.332 e. The molecule has 4 aliphatic rings. The van der Waals surface area contributed by atoms with Gasteiger partial charge in [-0.15, -0.1) is 0 Å². The van der Waals surface area contributed by atoms with E-state index in [2.05, 4.69) is 20.8 Å². The summed E-state index contributed by atoms with van der Waals surface area (Å²) < 4.78 is 0. The molecule has 0 heterocycles. The molecule has 4 saturated carbocycles. The highest BCUT2D eigenvalue weighted by molar-refractivity contribution is 5.72. The zero-order valence-electron chi connectivity index (χ0n) is 21.9. The monoisotopic (exact) mass is 462 g/mol. The Kier molecular flexibility index (Phi) is 7.04. The first kappa shape index (κ1) is 25.5. The second-order valence-electron chi connectivity index (χ2n) is 13.9. The molecule has 0 aromatic rings. The van der Waals surface area contributed by atoms with E-state index in [0.29, 0.717) is 16.7 Å². The van der Waals surface area contributed by atoms with Gasteiger partial charge in [0.2, 0.25) is 0 Å². The minimum absolute atomic E-state index is 0.0633. The van der Waals surface area contributed by atoms with Gasteiger partial charge in [0.15, 0.2) is 6.10 Å². The Bertz CT molecular complexity index is 713. The molecule has 0 aliphatic heterocycles. The van der Waals surface area contributed by atoms with Crippen LogP contribution in [0.25, 0.3) is 0 Å². The van der Waals surface area contributed by atoms with Crippen LogP contribution in [0.4, 0.5) is 0 Å². The SMILES string of the molecule is C[C@H](CCCC(C)(C)O)[C@H]1CC[C@H]2[C@@H]3CC[C@H]4C[C@@H](C(O)C(=O)O)CC[C@]4(C)[C@H]3CC[C@]12C. The van der Waals surface area contributed by atoms with E-state index in [4.69, 9.17) is 0 Å². The van der Waals surface area contributed by atoms with E-state index < -0.39 is 17.7 Å². The molecule has 10 atom stereocenters. The van der Waals surface area contributed by atoms with E-state index in [-0.39, 0.29) is 5.92 Å². The van der Waals surface area contributed by atoms with E-state index in [1.165, 1.54) is 44.9 Å². The zero-order valence-corrected chi connectivity index (χ0v) is 21.9. The number of fused-ring (bicyclic) bond motifs is 5. The van der Waals surface area contributed by atoms with Gasteiger partial charge in [-0.2, -0.15) is 0 Å². The Morgan fingerprint density at radius 2 is 1.67 bits per heavy atom. The van der Waals surface area contributed by atoms with Gasteiger partial charge >= 0.3 is 5.97 Å². The summed E-state index contributed by atoms with van der Waals surface area (Å²) >= 11 is 0. The lowest BCUT2D eigenvalue weighted by molar-refractivity contribution is -0.157. The number of hydrogen-bond acceptors (Lipinski definition) is 3. The van der Waals surface area contributed by atoms with Gasteiger partial charge in [-0.05, 0) is 130 Å². The second-order valence-corrected chi connectivity index (χ2v) is 13.9. The zero-order chi connectivity index (χ0) is 24.2. The standard InChI is InChI=1S/C29H50O4/c1-18(7-6-14-27(2,3)33)22-10-11-23-21-9-8-20-17-19(25(30)26(31)32)12-15-28(20,4)24(21)13-16-29(22,23)5/h18-25,30,33H,6-17H2,1-5H3,(H,31,32)/t18-,19+,20+,21+,22-,23+,24+,25?,28+,29-/m1/s1. The molecular formula is C29H50O4. The second kappa shape index (κ2) is 9.12. The Balaban J connectivity index is 1.43. The predicted octanol–water partition coefficient (Wildman–Crippen LogP) is 6.28. The summed E-state index contributed by atoms with van der Waals surface area (Å²) in [6, 6.07) is 0. The quantitative estimate of drug-likeness (QED) is 0.416. The number of carboxylic acid groups (broad SMARTS) is 1. The lowest BCUT2D eigenvalue weighted by atomic mass is 9.44. The van der Waals surface area contributed by atoms with Crippen LogP contribution in [0, 0.1) is 52.3 Å². The fraction of sp³-hybridized carbons (Fsp3) is 0.966. The summed E-state index contributed by atoms with van der Waals surface area (Å²) in [5.74, 6) is 3.48. The Labute approximate surface area is 201 Å². The smallest absolute Gasteiger partial charge is 0.332 e. The molecule has 0 amide bonds. The van der Waals surface area contributed by atoms with Crippen molar-refractivity contribution in [3.63, 3.8) is 0 Å². The van der Waals surface area contributed by atoms with E-state index >= 15 is 0 Å². The third kappa shape index (κ3) is 4.65. The van der Waals surface area contributed by atoms with Gasteiger partial charge in [-0.3, -0.25) is 0 Å². The van der Waals surface area contributed by atoms with Crippen molar-refractivity contribution in [2.75, 3.05) is 0 Å². The first-order chi connectivity index (χ1) is 15.4. The van der Waals surface area contributed by atoms with Crippen molar-refractivity contribution in [2.24, 2.45) is 52.3 Å². The molecule has 0 radical (unpaired) electrons. The van der Waals surface area contributed by atoms with Crippen molar-refractivity contribution in [1.29, 1.82) is 0 Å². The van der Waals surface area contributed by atoms with Crippen LogP contribution in [0.2, 0.25) is 0 Å². The lowest BCUT2D eigenvalue weighted by Gasteiger charge is -2.61. The summed E-state index contributed by atoms with van der Waals surface area (Å²) in [6.45, 7) is 11.5. The largest absolute Gasteiger partial charge is 0.479 e. The summed E-state index contributed by atoms with van der Waals surface area (Å²) in [5.41, 5.74) is 0.248. The van der Waals surface area contributed by atoms with Gasteiger partial charge in [-0.25, -0.2) is 4.79 Å². The normalized spacial score (nSPS) is 44.9. The Hall–Kier alpha value is -0.610. The van der Waals surface area contributed by atoms with E-state index in [0.717, 1.165) is 61.7 Å². The highest BCUT2D eigenvalue weighted by Crippen LogP contribution is 2.68. The first-order valence-corrected chi connectivity index (χ1v) is 14.0. The van der Waals surface area contributed by atoms with Crippen molar-refractivity contribution in [1.82, 2.24) is 0 Å². The number of rotatable bonds is 7. The molecule has 4 aliphatic carbocycles. The van der Waals surface area contributed by atoms with Crippen molar-refractivity contribution in [2.45, 2.75) is 123 Å². The van der Waals surface area contributed by atoms with Crippen molar-refractivity contribution >= 4 is 5.97 Å². The molecule has 4 heteroatoms. The van der Waals surface area contributed by atoms with Crippen LogP contribution in [0.3, 0.4) is 0 Å². The van der Waals surface area contributed by atoms with Crippen LogP contribution >= 0.6 is 0 Å². The van der Waals surface area contributed by atoms with Gasteiger partial charge in [0.05, 0.1) is 5.60 Å². The highest BCUT2D eigenvalue weighted by Gasteiger charge is 2.60. The Morgan fingerprint density at radius 1 is 1.00 bits per heavy atom. The Morgan fingerprint density at radius 3 is 2.33 bits per heavy atom. The number of carboxylic acids is 1. The van der Waals surface area contributed by atoms with E-state index in [1.54, 1.807) is 0 Å². The average molecular weight is 463 g/mol. The van der Waals surface area contributed by atoms with Crippen LogP contribution in [0.1, 0.15) is 112 Å². The number of carbonyl (C=O) groups is 1. The van der Waals surface area contributed by atoms with Crippen LogP contribution in [-0.2, 0) is 4.79 Å². The van der Waals surface area contributed by atoms with Crippen molar-refractivity contribution < 1.29 is 20.1 Å². The molecule has 4 rings (SSSR count). The van der Waals surface area contributed by atoms with Crippen molar-refractivity contribution in [3.8, 4) is 0 Å². The van der Waals surface area contributed by atoms with Gasteiger partial charge in [0, 0.05) is 0 Å². The summed E-state index contributed by atoms with van der Waals surface area (Å²) in [7, 11) is 0. The minimum atomic E-state index is -1.18. The fourth-order valence-electron chi connectivity index (χ4n) is 9.81. The van der Waals surface area contributed by atoms with Crippen molar-refractivity contribution in [3.05, 3.63) is 0 Å². The van der Waals surface area contributed by atoms with Crippen LogP contribution in [0.5, 0.6) is 0 Å². The average Bonchev–Trinajstić information content (AvgIpc) is 3.09. The van der Waals surface area contributed by atoms with E-state index in [1.807, 2.05) is 13.8 Å². The third-order valence-corrected chi connectivity index (χ3v) is 11.6. The molecule has 4 fully saturated rings. The number of aliphatic hydroxyl groups excluding tert-OH is 1. The molecule has 33 heavy (non-hydrogen) atoms. The van der Waals surface area contributed by atoms with Gasteiger partial charge in [-0.1, -0.05) is 33.6 Å². The number of aliphatic hydroxyl groups is 2. The topological polar surface area (TPSA) is 77.8 Å². The van der Waals surface area contributed by atoms with Crippen LogP contribution in [0.15, 0.2) is 0 Å². The minimum Gasteiger partial charge on any atom is -0.479 e. The number of hydrogen-bond donors (Lipinski definition) is 3. The predicted molar refractivity (Wildman–Crippen MR) is 132 cm³/mol.